The average Bonchev–Trinajstić information content (AvgIpc) is 3.16. The third kappa shape index (κ3) is 3.06. The number of nitrogens with one attached hydrogen (secondary N) is 1. The third-order valence-electron chi connectivity index (χ3n) is 4.13. The molecular weight excluding hydrogens is 262 g/mol. The summed E-state index contributed by atoms with van der Waals surface area (Å²) in [5, 5.41) is 7.63. The summed E-state index contributed by atoms with van der Waals surface area (Å²) < 4.78 is 1.83. The van der Waals surface area contributed by atoms with E-state index in [1.807, 2.05) is 17.8 Å². The van der Waals surface area contributed by atoms with Crippen molar-refractivity contribution in [2.75, 3.05) is 11.9 Å². The van der Waals surface area contributed by atoms with Crippen molar-refractivity contribution in [3.63, 3.8) is 0 Å². The Kier molecular flexibility index (Phi) is 4.18. The number of aryl methyl sites for hydroxylation is 1. The molecule has 1 aliphatic carbocycles. The summed E-state index contributed by atoms with van der Waals surface area (Å²) in [6, 6.07) is 4.10. The molecule has 0 unspecified atom stereocenters. The Hall–Kier alpha value is -1.91. The lowest BCUT2D eigenvalue weighted by Crippen LogP contribution is -2.08. The second-order valence-electron chi connectivity index (χ2n) is 5.75. The van der Waals surface area contributed by atoms with Gasteiger partial charge in [0, 0.05) is 37.5 Å². The number of hydrogen-bond acceptors (Lipinski definition) is 4. The minimum Gasteiger partial charge on any atom is -0.370 e. The van der Waals surface area contributed by atoms with Crippen molar-refractivity contribution in [3.05, 3.63) is 24.0 Å². The molecule has 0 atom stereocenters. The van der Waals surface area contributed by atoms with Crippen LogP contribution in [0.4, 0.5) is 5.82 Å². The van der Waals surface area contributed by atoms with Crippen LogP contribution in [0.5, 0.6) is 0 Å². The molecule has 5 heteroatoms. The minimum atomic E-state index is 0.585. The zero-order valence-corrected chi connectivity index (χ0v) is 12.8. The zero-order valence-electron chi connectivity index (χ0n) is 12.8. The van der Waals surface area contributed by atoms with Crippen molar-refractivity contribution in [1.29, 1.82) is 0 Å². The summed E-state index contributed by atoms with van der Waals surface area (Å²) in [6.07, 6.45) is 7.99. The van der Waals surface area contributed by atoms with Crippen molar-refractivity contribution >= 4 is 5.82 Å². The van der Waals surface area contributed by atoms with E-state index in [0.717, 1.165) is 30.3 Å². The summed E-state index contributed by atoms with van der Waals surface area (Å²) >= 11 is 0. The average molecular weight is 285 g/mol. The third-order valence-corrected chi connectivity index (χ3v) is 4.13. The Balaban J connectivity index is 1.98. The Morgan fingerprint density at radius 3 is 2.76 bits per heavy atom. The van der Waals surface area contributed by atoms with Crippen molar-refractivity contribution in [1.82, 2.24) is 19.7 Å². The van der Waals surface area contributed by atoms with Crippen LogP contribution in [-0.4, -0.2) is 26.3 Å². The molecule has 3 rings (SSSR count). The minimum absolute atomic E-state index is 0.585. The van der Waals surface area contributed by atoms with Crippen LogP contribution < -0.4 is 5.32 Å². The first-order valence-corrected chi connectivity index (χ1v) is 7.89. The number of nitrogens with zero attached hydrogens (tertiary/aromatic N) is 4. The molecule has 2 aromatic heterocycles. The molecule has 2 aromatic rings. The molecule has 0 aromatic carbocycles. The standard InChI is InChI=1S/C16H23N5/c1-3-9-17-15-11-13(12-6-4-5-7-12)19-16(20-15)14-8-10-18-21(14)2/h8,10-12H,3-7,9H2,1-2H3,(H,17,19,20). The first-order valence-electron chi connectivity index (χ1n) is 7.89. The first-order chi connectivity index (χ1) is 10.3. The van der Waals surface area contributed by atoms with Crippen LogP contribution in [0.2, 0.25) is 0 Å². The lowest BCUT2D eigenvalue weighted by molar-refractivity contribution is 0.692. The van der Waals surface area contributed by atoms with Gasteiger partial charge in [-0.25, -0.2) is 9.97 Å². The maximum Gasteiger partial charge on any atom is 0.180 e. The van der Waals surface area contributed by atoms with E-state index in [1.165, 1.54) is 31.4 Å². The van der Waals surface area contributed by atoms with Crippen molar-refractivity contribution in [2.24, 2.45) is 7.05 Å². The predicted molar refractivity (Wildman–Crippen MR) is 84.2 cm³/mol. The molecule has 1 N–H and O–H groups in total. The molecule has 0 spiro atoms. The summed E-state index contributed by atoms with van der Waals surface area (Å²) in [7, 11) is 1.93. The first kappa shape index (κ1) is 14.0. The van der Waals surface area contributed by atoms with Gasteiger partial charge in [-0.05, 0) is 25.3 Å². The Bertz CT molecular complexity index is 598. The quantitative estimate of drug-likeness (QED) is 0.915. The molecule has 5 nitrogen and oxygen atoms in total. The van der Waals surface area contributed by atoms with Crippen molar-refractivity contribution in [2.45, 2.75) is 44.9 Å². The van der Waals surface area contributed by atoms with Gasteiger partial charge in [-0.2, -0.15) is 5.10 Å². The fourth-order valence-corrected chi connectivity index (χ4v) is 2.95. The van der Waals surface area contributed by atoms with E-state index in [1.54, 1.807) is 6.20 Å². The second kappa shape index (κ2) is 6.24. The lowest BCUT2D eigenvalue weighted by atomic mass is 10.0. The van der Waals surface area contributed by atoms with Gasteiger partial charge in [0.2, 0.25) is 0 Å². The monoisotopic (exact) mass is 285 g/mol. The summed E-state index contributed by atoms with van der Waals surface area (Å²) in [4.78, 5) is 9.48. The van der Waals surface area contributed by atoms with Crippen LogP contribution >= 0.6 is 0 Å². The van der Waals surface area contributed by atoms with Crippen LogP contribution in [0.15, 0.2) is 18.3 Å². The summed E-state index contributed by atoms with van der Waals surface area (Å²) in [5.74, 6) is 2.30. The van der Waals surface area contributed by atoms with Gasteiger partial charge in [-0.15, -0.1) is 0 Å². The number of rotatable bonds is 5. The molecule has 0 saturated heterocycles. The largest absolute Gasteiger partial charge is 0.370 e. The fourth-order valence-electron chi connectivity index (χ4n) is 2.95. The van der Waals surface area contributed by atoms with Gasteiger partial charge in [0.15, 0.2) is 5.82 Å². The highest BCUT2D eigenvalue weighted by Crippen LogP contribution is 2.34. The topological polar surface area (TPSA) is 55.6 Å². The van der Waals surface area contributed by atoms with Crippen molar-refractivity contribution < 1.29 is 0 Å². The predicted octanol–water partition coefficient (Wildman–Crippen LogP) is 3.36. The van der Waals surface area contributed by atoms with Crippen LogP contribution in [0.3, 0.4) is 0 Å². The van der Waals surface area contributed by atoms with Gasteiger partial charge >= 0.3 is 0 Å². The molecule has 0 aliphatic heterocycles. The normalized spacial score (nSPS) is 15.5. The Morgan fingerprint density at radius 2 is 2.10 bits per heavy atom. The molecule has 21 heavy (non-hydrogen) atoms. The molecule has 0 amide bonds. The summed E-state index contributed by atoms with van der Waals surface area (Å²) in [6.45, 7) is 3.10. The highest BCUT2D eigenvalue weighted by Gasteiger charge is 2.20. The highest BCUT2D eigenvalue weighted by molar-refractivity contribution is 5.53. The zero-order chi connectivity index (χ0) is 14.7. The van der Waals surface area contributed by atoms with Gasteiger partial charge in [0.1, 0.15) is 11.5 Å². The fraction of sp³-hybridized carbons (Fsp3) is 0.562. The van der Waals surface area contributed by atoms with E-state index in [4.69, 9.17) is 4.98 Å². The molecule has 2 heterocycles. The van der Waals surface area contributed by atoms with E-state index in [2.05, 4.69) is 28.4 Å². The van der Waals surface area contributed by atoms with Gasteiger partial charge in [0.05, 0.1) is 0 Å². The number of hydrogen-bond donors (Lipinski definition) is 1. The molecular formula is C16H23N5. The van der Waals surface area contributed by atoms with Crippen LogP contribution in [0.1, 0.15) is 50.6 Å². The second-order valence-corrected chi connectivity index (χ2v) is 5.75. The molecule has 1 fully saturated rings. The highest BCUT2D eigenvalue weighted by atomic mass is 15.3. The number of aromatic nitrogens is 4. The summed E-state index contributed by atoms with van der Waals surface area (Å²) in [5.41, 5.74) is 2.15. The SMILES string of the molecule is CCCNc1cc(C2CCCC2)nc(-c2ccnn2C)n1. The Morgan fingerprint density at radius 1 is 1.29 bits per heavy atom. The number of anilines is 1. The maximum atomic E-state index is 4.81. The van der Waals surface area contributed by atoms with Crippen LogP contribution in [-0.2, 0) is 7.05 Å². The van der Waals surface area contributed by atoms with E-state index in [9.17, 15) is 0 Å². The van der Waals surface area contributed by atoms with Gasteiger partial charge < -0.3 is 5.32 Å². The van der Waals surface area contributed by atoms with Crippen molar-refractivity contribution in [3.8, 4) is 11.5 Å². The smallest absolute Gasteiger partial charge is 0.180 e. The Labute approximate surface area is 125 Å². The molecule has 0 radical (unpaired) electrons. The van der Waals surface area contributed by atoms with Gasteiger partial charge in [-0.3, -0.25) is 4.68 Å². The van der Waals surface area contributed by atoms with E-state index < -0.39 is 0 Å². The maximum absolute atomic E-state index is 4.81. The molecule has 0 bridgehead atoms. The van der Waals surface area contributed by atoms with Gasteiger partial charge in [0.25, 0.3) is 0 Å². The van der Waals surface area contributed by atoms with E-state index in [0.29, 0.717) is 5.92 Å². The van der Waals surface area contributed by atoms with Gasteiger partial charge in [-0.1, -0.05) is 19.8 Å². The lowest BCUT2D eigenvalue weighted by Gasteiger charge is -2.13. The molecule has 1 saturated carbocycles. The van der Waals surface area contributed by atoms with Crippen LogP contribution in [0, 0.1) is 0 Å². The van der Waals surface area contributed by atoms with E-state index >= 15 is 0 Å². The molecule has 1 aliphatic rings. The molecule has 112 valence electrons. The van der Waals surface area contributed by atoms with E-state index in [-0.39, 0.29) is 0 Å². The van der Waals surface area contributed by atoms with Crippen LogP contribution in [0.25, 0.3) is 11.5 Å².